The molecule has 0 N–H and O–H groups in total. The Labute approximate surface area is 60.7 Å². The molecule has 0 rings (SSSR count). The maximum absolute atomic E-state index is 2.45. The Bertz CT molecular complexity index is 37.1. The van der Waals surface area contributed by atoms with Crippen LogP contribution >= 0.6 is 28.3 Å². The highest BCUT2D eigenvalue weighted by atomic mass is 127. The first kappa shape index (κ1) is 8.16. The van der Waals surface area contributed by atoms with Crippen LogP contribution in [0.15, 0.2) is 0 Å². The Kier molecular flexibility index (Phi) is 6.18. The fourth-order valence-corrected chi connectivity index (χ4v) is 1.96. The van der Waals surface area contributed by atoms with Crippen molar-refractivity contribution in [1.29, 1.82) is 0 Å². The molecule has 0 saturated heterocycles. The van der Waals surface area contributed by atoms with Crippen LogP contribution in [0.3, 0.4) is 0 Å². The van der Waals surface area contributed by atoms with Gasteiger partial charge in [0.05, 0.1) is 0 Å². The predicted molar refractivity (Wildman–Crippen MR) is 46.7 cm³/mol. The van der Waals surface area contributed by atoms with Crippen molar-refractivity contribution in [3.63, 3.8) is 0 Å². The average Bonchev–Trinajstić information content (AvgIpc) is 1.61. The minimum Gasteiger partial charge on any atom is -0.0628 e. The summed E-state index contributed by atoms with van der Waals surface area (Å²) < 4.78 is 0. The van der Waals surface area contributed by atoms with Crippen molar-refractivity contribution in [2.45, 2.75) is 20.3 Å². The van der Waals surface area contributed by atoms with Gasteiger partial charge in [0, 0.05) is 0 Å². The molecule has 1 atom stereocenters. The van der Waals surface area contributed by atoms with E-state index in [9.17, 15) is 0 Å². The molecule has 2 heteroatoms. The van der Waals surface area contributed by atoms with E-state index in [1.807, 2.05) is 0 Å². The molecule has 0 aliphatic heterocycles. The van der Waals surface area contributed by atoms with Crippen LogP contribution in [-0.4, -0.2) is 6.16 Å². The maximum atomic E-state index is 2.45. The van der Waals surface area contributed by atoms with Crippen molar-refractivity contribution in [2.24, 2.45) is 5.92 Å². The van der Waals surface area contributed by atoms with Crippen LogP contribution in [0, 0.1) is 5.92 Å². The van der Waals surface area contributed by atoms with Crippen molar-refractivity contribution >= 4 is 28.3 Å². The van der Waals surface area contributed by atoms with Crippen LogP contribution in [0.5, 0.6) is 0 Å². The van der Waals surface area contributed by atoms with Crippen LogP contribution in [0.4, 0.5) is 0 Å². The SMILES string of the molecule is CC(C)CCPI. The van der Waals surface area contributed by atoms with Crippen molar-refractivity contribution in [1.82, 2.24) is 0 Å². The van der Waals surface area contributed by atoms with Crippen LogP contribution in [-0.2, 0) is 0 Å². The first-order valence-corrected chi connectivity index (χ1v) is 6.93. The first-order chi connectivity index (χ1) is 3.27. The highest BCUT2D eigenvalue weighted by Crippen LogP contribution is 2.22. The second-order valence-electron chi connectivity index (χ2n) is 2.07. The monoisotopic (exact) mass is 230 g/mol. The summed E-state index contributed by atoms with van der Waals surface area (Å²) in [5.41, 5.74) is 0. The molecule has 0 radical (unpaired) electrons. The Morgan fingerprint density at radius 2 is 2.14 bits per heavy atom. The standard InChI is InChI=1S/C5H12IP/c1-5(2)3-4-7-6/h5,7H,3-4H2,1-2H3. The Morgan fingerprint density at radius 3 is 2.29 bits per heavy atom. The molecule has 0 aliphatic carbocycles. The van der Waals surface area contributed by atoms with Gasteiger partial charge in [-0.05, 0) is 18.5 Å². The molecule has 0 amide bonds. The molecular weight excluding hydrogens is 218 g/mol. The summed E-state index contributed by atoms with van der Waals surface area (Å²) in [5.74, 6) is 0.905. The molecule has 7 heavy (non-hydrogen) atoms. The largest absolute Gasteiger partial charge is 0.0628 e. The molecule has 0 aromatic heterocycles. The Hall–Kier alpha value is 1.16. The smallest absolute Gasteiger partial charge is 0.0260 e. The Morgan fingerprint density at radius 1 is 1.57 bits per heavy atom. The van der Waals surface area contributed by atoms with E-state index in [2.05, 4.69) is 35.9 Å². The summed E-state index contributed by atoms with van der Waals surface area (Å²) >= 11 is 2.45. The molecule has 0 nitrogen and oxygen atoms in total. The number of hydrogen-bond acceptors (Lipinski definition) is 0. The van der Waals surface area contributed by atoms with E-state index in [4.69, 9.17) is 0 Å². The third kappa shape index (κ3) is 7.16. The molecular formula is C5H12IP. The van der Waals surface area contributed by atoms with Gasteiger partial charge in [-0.1, -0.05) is 42.1 Å². The maximum Gasteiger partial charge on any atom is -0.0260 e. The zero-order valence-corrected chi connectivity index (χ0v) is 8.03. The van der Waals surface area contributed by atoms with Gasteiger partial charge in [-0.2, -0.15) is 0 Å². The quantitative estimate of drug-likeness (QED) is 0.516. The second kappa shape index (κ2) is 5.30. The molecule has 0 fully saturated rings. The van der Waals surface area contributed by atoms with Gasteiger partial charge in [0.2, 0.25) is 0 Å². The summed E-state index contributed by atoms with van der Waals surface area (Å²) in [6, 6.07) is 0. The molecule has 0 aromatic rings. The summed E-state index contributed by atoms with van der Waals surface area (Å²) in [7, 11) is 0. The third-order valence-corrected chi connectivity index (χ3v) is 2.91. The van der Waals surface area contributed by atoms with E-state index in [0.29, 0.717) is 0 Å². The van der Waals surface area contributed by atoms with Crippen molar-refractivity contribution in [3.05, 3.63) is 0 Å². The summed E-state index contributed by atoms with van der Waals surface area (Å²) in [5, 5.41) is 0. The van der Waals surface area contributed by atoms with Crippen molar-refractivity contribution < 1.29 is 0 Å². The molecule has 0 saturated carbocycles. The fourth-order valence-electron chi connectivity index (χ4n) is 0.343. The topological polar surface area (TPSA) is 0 Å². The minimum absolute atomic E-state index is 0.905. The third-order valence-electron chi connectivity index (χ3n) is 0.816. The van der Waals surface area contributed by atoms with Crippen molar-refractivity contribution in [3.8, 4) is 0 Å². The number of hydrogen-bond donors (Lipinski definition) is 0. The minimum atomic E-state index is 0.905. The van der Waals surface area contributed by atoms with E-state index < -0.39 is 0 Å². The molecule has 0 aliphatic rings. The summed E-state index contributed by atoms with van der Waals surface area (Å²) in [6.45, 7) is 4.55. The van der Waals surface area contributed by atoms with Crippen LogP contribution < -0.4 is 0 Å². The van der Waals surface area contributed by atoms with Gasteiger partial charge in [0.15, 0.2) is 0 Å². The lowest BCUT2D eigenvalue weighted by molar-refractivity contribution is 0.632. The van der Waals surface area contributed by atoms with Crippen LogP contribution in [0.2, 0.25) is 0 Å². The van der Waals surface area contributed by atoms with E-state index in [1.165, 1.54) is 12.6 Å². The predicted octanol–water partition coefficient (Wildman–Crippen LogP) is 3.06. The van der Waals surface area contributed by atoms with E-state index >= 15 is 0 Å². The molecule has 0 spiro atoms. The summed E-state index contributed by atoms with van der Waals surface area (Å²) in [4.78, 5) is 0. The van der Waals surface area contributed by atoms with Gasteiger partial charge >= 0.3 is 0 Å². The normalized spacial score (nSPS) is 12.0. The van der Waals surface area contributed by atoms with Crippen LogP contribution in [0.25, 0.3) is 0 Å². The molecule has 44 valence electrons. The van der Waals surface area contributed by atoms with Gasteiger partial charge in [-0.3, -0.25) is 0 Å². The van der Waals surface area contributed by atoms with Gasteiger partial charge < -0.3 is 0 Å². The molecule has 0 heterocycles. The second-order valence-corrected chi connectivity index (χ2v) is 5.12. The lowest BCUT2D eigenvalue weighted by Gasteiger charge is -1.98. The summed E-state index contributed by atoms with van der Waals surface area (Å²) in [6.07, 6.45) is 3.94. The molecule has 0 aromatic carbocycles. The van der Waals surface area contributed by atoms with Gasteiger partial charge in [-0.25, -0.2) is 0 Å². The highest BCUT2D eigenvalue weighted by Gasteiger charge is 1.89. The molecule has 1 unspecified atom stereocenters. The average molecular weight is 230 g/mol. The van der Waals surface area contributed by atoms with Gasteiger partial charge in [0.25, 0.3) is 0 Å². The highest BCUT2D eigenvalue weighted by molar-refractivity contribution is 14.2. The zero-order chi connectivity index (χ0) is 5.70. The van der Waals surface area contributed by atoms with E-state index in [1.54, 1.807) is 0 Å². The number of rotatable bonds is 3. The van der Waals surface area contributed by atoms with Gasteiger partial charge in [0.1, 0.15) is 0 Å². The lowest BCUT2D eigenvalue weighted by Crippen LogP contribution is -1.85. The van der Waals surface area contributed by atoms with Crippen molar-refractivity contribution in [2.75, 3.05) is 6.16 Å². The lowest BCUT2D eigenvalue weighted by atomic mass is 10.2. The van der Waals surface area contributed by atoms with E-state index in [-0.39, 0.29) is 0 Å². The number of halogens is 1. The zero-order valence-electron chi connectivity index (χ0n) is 4.87. The first-order valence-electron chi connectivity index (χ1n) is 2.61. The van der Waals surface area contributed by atoms with E-state index in [0.717, 1.165) is 12.1 Å². The fraction of sp³-hybridized carbons (Fsp3) is 1.00. The Balaban J connectivity index is 2.68. The molecule has 0 bridgehead atoms. The van der Waals surface area contributed by atoms with Gasteiger partial charge in [-0.15, -0.1) is 0 Å². The van der Waals surface area contributed by atoms with Crippen LogP contribution in [0.1, 0.15) is 20.3 Å².